The average molecular weight is 261 g/mol. The van der Waals surface area contributed by atoms with E-state index < -0.39 is 0 Å². The van der Waals surface area contributed by atoms with Gasteiger partial charge in [-0.3, -0.25) is 4.79 Å². The van der Waals surface area contributed by atoms with Gasteiger partial charge in [0.15, 0.2) is 0 Å². The van der Waals surface area contributed by atoms with Gasteiger partial charge in [-0.15, -0.1) is 0 Å². The second-order valence-corrected chi connectivity index (χ2v) is 5.08. The van der Waals surface area contributed by atoms with Crippen molar-refractivity contribution in [2.75, 3.05) is 26.7 Å². The minimum absolute atomic E-state index is 0.203. The van der Waals surface area contributed by atoms with E-state index in [1.807, 2.05) is 18.0 Å². The van der Waals surface area contributed by atoms with Crippen molar-refractivity contribution in [3.8, 4) is 0 Å². The summed E-state index contributed by atoms with van der Waals surface area (Å²) in [5, 5.41) is 6.48. The van der Waals surface area contributed by atoms with Gasteiger partial charge in [0.2, 0.25) is 5.91 Å². The Balaban J connectivity index is 1.79. The summed E-state index contributed by atoms with van der Waals surface area (Å²) < 4.78 is 0. The van der Waals surface area contributed by atoms with Crippen LogP contribution in [0.15, 0.2) is 30.3 Å². The van der Waals surface area contributed by atoms with Crippen LogP contribution in [0.1, 0.15) is 18.4 Å². The van der Waals surface area contributed by atoms with E-state index in [4.69, 9.17) is 0 Å². The summed E-state index contributed by atoms with van der Waals surface area (Å²) in [6, 6.07) is 10.8. The van der Waals surface area contributed by atoms with Crippen LogP contribution in [0.2, 0.25) is 0 Å². The van der Waals surface area contributed by atoms with E-state index >= 15 is 0 Å². The van der Waals surface area contributed by atoms with Gasteiger partial charge in [0.25, 0.3) is 0 Å². The number of hydrogen-bond donors (Lipinski definition) is 2. The molecule has 4 heteroatoms. The topological polar surface area (TPSA) is 44.4 Å². The molecule has 0 aliphatic carbocycles. The molecule has 19 heavy (non-hydrogen) atoms. The fourth-order valence-corrected chi connectivity index (χ4v) is 2.49. The molecule has 0 aromatic heterocycles. The molecule has 1 heterocycles. The van der Waals surface area contributed by atoms with Crippen LogP contribution >= 0.6 is 0 Å². The highest BCUT2D eigenvalue weighted by Gasteiger charge is 2.22. The van der Waals surface area contributed by atoms with Gasteiger partial charge in [0.05, 0.1) is 6.54 Å². The SMILES string of the molecule is CNCC(=O)N1CCC[C@H](NCc2ccccc2)C1. The molecular formula is C15H23N3O. The first-order chi connectivity index (χ1) is 9.29. The minimum Gasteiger partial charge on any atom is -0.340 e. The van der Waals surface area contributed by atoms with Crippen LogP contribution in [-0.2, 0) is 11.3 Å². The summed E-state index contributed by atoms with van der Waals surface area (Å²) >= 11 is 0. The van der Waals surface area contributed by atoms with Crippen molar-refractivity contribution in [2.24, 2.45) is 0 Å². The fourth-order valence-electron chi connectivity index (χ4n) is 2.49. The third-order valence-corrected chi connectivity index (χ3v) is 3.54. The van der Waals surface area contributed by atoms with Gasteiger partial charge in [-0.05, 0) is 25.5 Å². The molecule has 1 amide bonds. The molecule has 104 valence electrons. The van der Waals surface area contributed by atoms with Gasteiger partial charge in [0, 0.05) is 25.7 Å². The van der Waals surface area contributed by atoms with Gasteiger partial charge >= 0.3 is 0 Å². The molecule has 2 rings (SSSR count). The highest BCUT2D eigenvalue weighted by molar-refractivity contribution is 5.78. The van der Waals surface area contributed by atoms with Gasteiger partial charge in [-0.1, -0.05) is 30.3 Å². The number of likely N-dealkylation sites (N-methyl/N-ethyl adjacent to an activating group) is 1. The number of carbonyl (C=O) groups is 1. The Morgan fingerprint density at radius 1 is 1.37 bits per heavy atom. The van der Waals surface area contributed by atoms with Crippen LogP contribution in [-0.4, -0.2) is 43.5 Å². The maximum atomic E-state index is 11.9. The van der Waals surface area contributed by atoms with E-state index in [1.165, 1.54) is 5.56 Å². The summed E-state index contributed by atoms with van der Waals surface area (Å²) in [4.78, 5) is 13.8. The molecule has 1 atom stereocenters. The molecule has 1 aromatic rings. The Hall–Kier alpha value is -1.39. The molecule has 0 saturated carbocycles. The normalized spacial score (nSPS) is 19.4. The van der Waals surface area contributed by atoms with Crippen molar-refractivity contribution in [1.82, 2.24) is 15.5 Å². The van der Waals surface area contributed by atoms with Crippen LogP contribution in [0.4, 0.5) is 0 Å². The Morgan fingerprint density at radius 3 is 2.89 bits per heavy atom. The van der Waals surface area contributed by atoms with E-state index in [0.29, 0.717) is 12.6 Å². The highest BCUT2D eigenvalue weighted by atomic mass is 16.2. The van der Waals surface area contributed by atoms with E-state index in [0.717, 1.165) is 32.5 Å². The molecule has 1 aromatic carbocycles. The lowest BCUT2D eigenvalue weighted by Crippen LogP contribution is -2.49. The lowest BCUT2D eigenvalue weighted by Gasteiger charge is -2.33. The zero-order valence-electron chi connectivity index (χ0n) is 11.6. The van der Waals surface area contributed by atoms with Crippen molar-refractivity contribution in [2.45, 2.75) is 25.4 Å². The number of hydrogen-bond acceptors (Lipinski definition) is 3. The maximum Gasteiger partial charge on any atom is 0.236 e. The Morgan fingerprint density at radius 2 is 2.16 bits per heavy atom. The van der Waals surface area contributed by atoms with Crippen molar-refractivity contribution < 1.29 is 4.79 Å². The summed E-state index contributed by atoms with van der Waals surface area (Å²) in [5.74, 6) is 0.203. The predicted molar refractivity (Wildman–Crippen MR) is 76.8 cm³/mol. The van der Waals surface area contributed by atoms with Crippen molar-refractivity contribution >= 4 is 5.91 Å². The molecule has 4 nitrogen and oxygen atoms in total. The summed E-state index contributed by atoms with van der Waals surface area (Å²) in [5.41, 5.74) is 1.29. The standard InChI is InChI=1S/C15H23N3O/c1-16-11-15(19)18-9-5-8-14(12-18)17-10-13-6-3-2-4-7-13/h2-4,6-7,14,16-17H,5,8-12H2,1H3/t14-/m0/s1. The molecule has 2 N–H and O–H groups in total. The summed E-state index contributed by atoms with van der Waals surface area (Å²) in [7, 11) is 1.81. The molecular weight excluding hydrogens is 238 g/mol. The van der Waals surface area contributed by atoms with Crippen molar-refractivity contribution in [3.63, 3.8) is 0 Å². The first kappa shape index (κ1) is 14.0. The number of benzene rings is 1. The maximum absolute atomic E-state index is 11.9. The van der Waals surface area contributed by atoms with E-state index in [2.05, 4.69) is 34.9 Å². The van der Waals surface area contributed by atoms with Crippen LogP contribution in [0.25, 0.3) is 0 Å². The molecule has 1 saturated heterocycles. The van der Waals surface area contributed by atoms with Crippen LogP contribution in [0.5, 0.6) is 0 Å². The monoisotopic (exact) mass is 261 g/mol. The molecule has 1 aliphatic heterocycles. The third-order valence-electron chi connectivity index (χ3n) is 3.54. The van der Waals surface area contributed by atoms with Crippen LogP contribution in [0, 0.1) is 0 Å². The number of rotatable bonds is 5. The number of piperidine rings is 1. The smallest absolute Gasteiger partial charge is 0.236 e. The highest BCUT2D eigenvalue weighted by Crippen LogP contribution is 2.11. The summed E-state index contributed by atoms with van der Waals surface area (Å²) in [6.07, 6.45) is 2.23. The molecule has 1 aliphatic rings. The second kappa shape index (κ2) is 7.26. The molecule has 1 fully saturated rings. The van der Waals surface area contributed by atoms with Crippen LogP contribution < -0.4 is 10.6 Å². The molecule has 0 spiro atoms. The Labute approximate surface area is 115 Å². The number of nitrogens with zero attached hydrogens (tertiary/aromatic N) is 1. The van der Waals surface area contributed by atoms with E-state index in [-0.39, 0.29) is 5.91 Å². The second-order valence-electron chi connectivity index (χ2n) is 5.08. The number of amides is 1. The molecule has 0 radical (unpaired) electrons. The molecule has 0 bridgehead atoms. The number of likely N-dealkylation sites (tertiary alicyclic amines) is 1. The third kappa shape index (κ3) is 4.33. The minimum atomic E-state index is 0.203. The van der Waals surface area contributed by atoms with Gasteiger partial charge < -0.3 is 15.5 Å². The van der Waals surface area contributed by atoms with E-state index in [9.17, 15) is 4.79 Å². The van der Waals surface area contributed by atoms with E-state index in [1.54, 1.807) is 0 Å². The number of carbonyl (C=O) groups excluding carboxylic acids is 1. The van der Waals surface area contributed by atoms with Gasteiger partial charge in [0.1, 0.15) is 0 Å². The van der Waals surface area contributed by atoms with Gasteiger partial charge in [-0.25, -0.2) is 0 Å². The zero-order valence-corrected chi connectivity index (χ0v) is 11.6. The lowest BCUT2D eigenvalue weighted by atomic mass is 10.1. The Kier molecular flexibility index (Phi) is 5.36. The van der Waals surface area contributed by atoms with Gasteiger partial charge in [-0.2, -0.15) is 0 Å². The summed E-state index contributed by atoms with van der Waals surface area (Å²) in [6.45, 7) is 3.03. The quantitative estimate of drug-likeness (QED) is 0.830. The Bertz CT molecular complexity index is 394. The first-order valence-corrected chi connectivity index (χ1v) is 6.99. The van der Waals surface area contributed by atoms with Crippen molar-refractivity contribution in [3.05, 3.63) is 35.9 Å². The van der Waals surface area contributed by atoms with Crippen LogP contribution in [0.3, 0.4) is 0 Å². The number of nitrogens with one attached hydrogen (secondary N) is 2. The average Bonchev–Trinajstić information content (AvgIpc) is 2.47. The largest absolute Gasteiger partial charge is 0.340 e. The molecule has 0 unspecified atom stereocenters. The fraction of sp³-hybridized carbons (Fsp3) is 0.533. The zero-order chi connectivity index (χ0) is 13.5. The van der Waals surface area contributed by atoms with Crippen molar-refractivity contribution in [1.29, 1.82) is 0 Å². The first-order valence-electron chi connectivity index (χ1n) is 6.99. The lowest BCUT2D eigenvalue weighted by molar-refractivity contribution is -0.131. The predicted octanol–water partition coefficient (Wildman–Crippen LogP) is 0.987.